The van der Waals surface area contributed by atoms with Crippen LogP contribution in [-0.4, -0.2) is 50.1 Å². The molecule has 3 aromatic rings. The normalized spacial score (nSPS) is 11.2. The van der Waals surface area contributed by atoms with Crippen LogP contribution in [0.3, 0.4) is 0 Å². The standard InChI is InChI=1S/C20H21Cl2N3O2S/c1-12-5-7-15(22)18-17(12)23-20(28-18)25(10-9-24(2)3)19(26)14-11-13(21)6-8-16(14)27-4/h5-8,11H,9-10H2,1-4H3. The molecular weight excluding hydrogens is 417 g/mol. The van der Waals surface area contributed by atoms with Crippen molar-refractivity contribution >= 4 is 55.8 Å². The van der Waals surface area contributed by atoms with Crippen LogP contribution in [0.5, 0.6) is 5.75 Å². The van der Waals surface area contributed by atoms with Crippen LogP contribution in [0.2, 0.25) is 10.0 Å². The zero-order valence-electron chi connectivity index (χ0n) is 16.1. The smallest absolute Gasteiger partial charge is 0.263 e. The summed E-state index contributed by atoms with van der Waals surface area (Å²) in [5.41, 5.74) is 2.23. The number of anilines is 1. The van der Waals surface area contributed by atoms with Gasteiger partial charge in [0.25, 0.3) is 5.91 Å². The number of fused-ring (bicyclic) bond motifs is 1. The number of ether oxygens (including phenoxy) is 1. The van der Waals surface area contributed by atoms with E-state index in [2.05, 4.69) is 0 Å². The molecule has 28 heavy (non-hydrogen) atoms. The van der Waals surface area contributed by atoms with Crippen molar-refractivity contribution in [1.29, 1.82) is 0 Å². The van der Waals surface area contributed by atoms with Crippen molar-refractivity contribution in [3.8, 4) is 5.75 Å². The van der Waals surface area contributed by atoms with Crippen LogP contribution in [0, 0.1) is 6.92 Å². The van der Waals surface area contributed by atoms with E-state index in [-0.39, 0.29) is 5.91 Å². The summed E-state index contributed by atoms with van der Waals surface area (Å²) < 4.78 is 6.25. The van der Waals surface area contributed by atoms with Crippen molar-refractivity contribution in [3.05, 3.63) is 51.5 Å². The molecule has 0 aliphatic rings. The molecule has 1 aromatic heterocycles. The van der Waals surface area contributed by atoms with E-state index in [1.165, 1.54) is 18.4 Å². The molecule has 1 amide bonds. The predicted molar refractivity (Wildman–Crippen MR) is 118 cm³/mol. The highest BCUT2D eigenvalue weighted by molar-refractivity contribution is 7.23. The van der Waals surface area contributed by atoms with E-state index in [0.717, 1.165) is 15.8 Å². The fraction of sp³-hybridized carbons (Fsp3) is 0.300. The molecule has 1 heterocycles. The van der Waals surface area contributed by atoms with Crippen LogP contribution >= 0.6 is 34.5 Å². The number of carbonyl (C=O) groups is 1. The molecule has 5 nitrogen and oxygen atoms in total. The first-order valence-corrected chi connectivity index (χ1v) is 10.2. The van der Waals surface area contributed by atoms with Crippen molar-refractivity contribution in [1.82, 2.24) is 9.88 Å². The van der Waals surface area contributed by atoms with Gasteiger partial charge < -0.3 is 9.64 Å². The lowest BCUT2D eigenvalue weighted by atomic mass is 10.1. The third kappa shape index (κ3) is 4.25. The van der Waals surface area contributed by atoms with E-state index in [0.29, 0.717) is 39.6 Å². The van der Waals surface area contributed by atoms with E-state index in [1.807, 2.05) is 38.1 Å². The van der Waals surface area contributed by atoms with Gasteiger partial charge in [-0.1, -0.05) is 40.6 Å². The van der Waals surface area contributed by atoms with Gasteiger partial charge >= 0.3 is 0 Å². The van der Waals surface area contributed by atoms with Crippen LogP contribution < -0.4 is 9.64 Å². The molecule has 0 saturated heterocycles. The molecule has 0 spiro atoms. The summed E-state index contributed by atoms with van der Waals surface area (Å²) in [5.74, 6) is 0.258. The molecule has 0 saturated carbocycles. The quantitative estimate of drug-likeness (QED) is 0.536. The van der Waals surface area contributed by atoms with Crippen LogP contribution in [0.1, 0.15) is 15.9 Å². The fourth-order valence-electron chi connectivity index (χ4n) is 2.78. The van der Waals surface area contributed by atoms with Gasteiger partial charge in [-0.05, 0) is 50.8 Å². The Labute approximate surface area is 178 Å². The molecule has 0 atom stereocenters. The molecule has 8 heteroatoms. The zero-order valence-corrected chi connectivity index (χ0v) is 18.5. The summed E-state index contributed by atoms with van der Waals surface area (Å²) in [5, 5.41) is 1.70. The van der Waals surface area contributed by atoms with Crippen LogP contribution in [0.25, 0.3) is 10.2 Å². The van der Waals surface area contributed by atoms with Gasteiger partial charge in [0.2, 0.25) is 0 Å². The van der Waals surface area contributed by atoms with Crippen LogP contribution in [0.15, 0.2) is 30.3 Å². The van der Waals surface area contributed by atoms with Crippen molar-refractivity contribution in [3.63, 3.8) is 0 Å². The van der Waals surface area contributed by atoms with Crippen molar-refractivity contribution in [2.24, 2.45) is 0 Å². The SMILES string of the molecule is COc1ccc(Cl)cc1C(=O)N(CCN(C)C)c1nc2c(C)ccc(Cl)c2s1. The highest BCUT2D eigenvalue weighted by Crippen LogP contribution is 2.36. The lowest BCUT2D eigenvalue weighted by Crippen LogP contribution is -2.37. The second kappa shape index (κ2) is 8.66. The maximum Gasteiger partial charge on any atom is 0.263 e. The summed E-state index contributed by atoms with van der Waals surface area (Å²) in [6.07, 6.45) is 0. The minimum absolute atomic E-state index is 0.214. The Morgan fingerprint density at radius 3 is 2.57 bits per heavy atom. The zero-order chi connectivity index (χ0) is 20.4. The molecule has 0 bridgehead atoms. The topological polar surface area (TPSA) is 45.7 Å². The molecule has 0 aliphatic heterocycles. The number of rotatable bonds is 6. The highest BCUT2D eigenvalue weighted by Gasteiger charge is 2.25. The molecule has 0 fully saturated rings. The monoisotopic (exact) mass is 437 g/mol. The predicted octanol–water partition coefficient (Wildman–Crippen LogP) is 5.13. The minimum atomic E-state index is -0.214. The molecule has 148 valence electrons. The van der Waals surface area contributed by atoms with Crippen molar-refractivity contribution in [2.75, 3.05) is 39.2 Å². The first kappa shape index (κ1) is 20.9. The number of likely N-dealkylation sites (N-methyl/N-ethyl adjacent to an activating group) is 1. The summed E-state index contributed by atoms with van der Waals surface area (Å²) >= 11 is 13.9. The largest absolute Gasteiger partial charge is 0.496 e. The Morgan fingerprint density at radius 2 is 1.93 bits per heavy atom. The third-order valence-corrected chi connectivity index (χ3v) is 6.10. The molecule has 2 aromatic carbocycles. The first-order chi connectivity index (χ1) is 13.3. The summed E-state index contributed by atoms with van der Waals surface area (Å²) in [4.78, 5) is 21.8. The summed E-state index contributed by atoms with van der Waals surface area (Å²) in [6, 6.07) is 8.80. The Morgan fingerprint density at radius 1 is 1.18 bits per heavy atom. The number of amides is 1. The Balaban J connectivity index is 2.09. The molecule has 0 unspecified atom stereocenters. The lowest BCUT2D eigenvalue weighted by molar-refractivity contribution is 0.0982. The first-order valence-electron chi connectivity index (χ1n) is 8.67. The Hall–Kier alpha value is -1.86. The molecule has 0 N–H and O–H groups in total. The summed E-state index contributed by atoms with van der Waals surface area (Å²) in [7, 11) is 5.45. The van der Waals surface area contributed by atoms with Gasteiger partial charge in [0.05, 0.1) is 27.9 Å². The molecule has 0 radical (unpaired) electrons. The van der Waals surface area contributed by atoms with Gasteiger partial charge in [-0.2, -0.15) is 0 Å². The number of carbonyl (C=O) groups excluding carboxylic acids is 1. The van der Waals surface area contributed by atoms with E-state index in [9.17, 15) is 4.79 Å². The number of nitrogens with zero attached hydrogens (tertiary/aromatic N) is 3. The van der Waals surface area contributed by atoms with Gasteiger partial charge in [0.15, 0.2) is 5.13 Å². The average Bonchev–Trinajstić information content (AvgIpc) is 3.11. The van der Waals surface area contributed by atoms with Gasteiger partial charge in [-0.25, -0.2) is 4.98 Å². The number of halogens is 2. The van der Waals surface area contributed by atoms with Crippen molar-refractivity contribution in [2.45, 2.75) is 6.92 Å². The van der Waals surface area contributed by atoms with Crippen LogP contribution in [-0.2, 0) is 0 Å². The number of hydrogen-bond donors (Lipinski definition) is 0. The second-order valence-electron chi connectivity index (χ2n) is 6.64. The number of methoxy groups -OCH3 is 1. The van der Waals surface area contributed by atoms with Crippen molar-refractivity contribution < 1.29 is 9.53 Å². The Bertz CT molecular complexity index is 981. The third-order valence-electron chi connectivity index (χ3n) is 4.32. The highest BCUT2D eigenvalue weighted by atomic mass is 35.5. The van der Waals surface area contributed by atoms with Gasteiger partial charge in [-0.15, -0.1) is 0 Å². The molecular formula is C20H21Cl2N3O2S. The van der Waals surface area contributed by atoms with E-state index < -0.39 is 0 Å². The van der Waals surface area contributed by atoms with Crippen LogP contribution in [0.4, 0.5) is 5.13 Å². The van der Waals surface area contributed by atoms with E-state index in [1.54, 1.807) is 23.1 Å². The molecule has 0 aliphatic carbocycles. The van der Waals surface area contributed by atoms with Gasteiger partial charge in [0, 0.05) is 18.1 Å². The van der Waals surface area contributed by atoms with Gasteiger partial charge in [0.1, 0.15) is 5.75 Å². The maximum absolute atomic E-state index is 13.4. The lowest BCUT2D eigenvalue weighted by Gasteiger charge is -2.23. The Kier molecular flexibility index (Phi) is 6.45. The number of benzene rings is 2. The summed E-state index contributed by atoms with van der Waals surface area (Å²) in [6.45, 7) is 3.13. The van der Waals surface area contributed by atoms with E-state index >= 15 is 0 Å². The number of aryl methyl sites for hydroxylation is 1. The minimum Gasteiger partial charge on any atom is -0.496 e. The molecule has 3 rings (SSSR count). The second-order valence-corrected chi connectivity index (χ2v) is 8.46. The maximum atomic E-state index is 13.4. The number of aromatic nitrogens is 1. The number of thiazole rings is 1. The van der Waals surface area contributed by atoms with E-state index in [4.69, 9.17) is 32.9 Å². The fourth-order valence-corrected chi connectivity index (χ4v) is 4.30. The number of hydrogen-bond acceptors (Lipinski definition) is 5. The average molecular weight is 438 g/mol. The van der Waals surface area contributed by atoms with Gasteiger partial charge in [-0.3, -0.25) is 9.69 Å².